The Bertz CT molecular complexity index is 4480. The molecule has 0 atom stereocenters. The highest BCUT2D eigenvalue weighted by atomic mass is 35.5. The molecule has 8 N–H and O–H groups in total. The molecule has 99 heavy (non-hydrogen) atoms. The van der Waals surface area contributed by atoms with Crippen molar-refractivity contribution in [2.45, 2.75) is 52.9 Å². The first kappa shape index (κ1) is 70.9. The zero-order chi connectivity index (χ0) is 70.1. The second kappa shape index (κ2) is 33.4. The predicted octanol–water partition coefficient (Wildman–Crippen LogP) is 16.4. The number of likely N-dealkylation sites (tertiary alicyclic amines) is 2. The lowest BCUT2D eigenvalue weighted by Crippen LogP contribution is -2.35. The van der Waals surface area contributed by atoms with Crippen LogP contribution in [0.4, 0.5) is 34.1 Å². The minimum absolute atomic E-state index is 0.289. The van der Waals surface area contributed by atoms with Crippen LogP contribution >= 0.6 is 34.8 Å². The fourth-order valence-electron chi connectivity index (χ4n) is 11.2. The average molecular weight is 1380 g/mol. The molecule has 0 radical (unpaired) electrons. The lowest BCUT2D eigenvalue weighted by atomic mass is 10.1. The van der Waals surface area contributed by atoms with Crippen LogP contribution in [0, 0.1) is 31.6 Å². The molecule has 2 saturated heterocycles. The van der Waals surface area contributed by atoms with E-state index in [2.05, 4.69) is 46.7 Å². The molecule has 3 heterocycles. The van der Waals surface area contributed by atoms with Crippen molar-refractivity contribution >= 4 is 122 Å². The number of nitrogens with one attached hydrogen (secondary N) is 8. The van der Waals surface area contributed by atoms with Gasteiger partial charge in [-0.1, -0.05) is 106 Å². The van der Waals surface area contributed by atoms with Gasteiger partial charge in [0.2, 0.25) is 0 Å². The second-order valence-corrected chi connectivity index (χ2v) is 25.5. The summed E-state index contributed by atoms with van der Waals surface area (Å²) in [7, 11) is 2.00. The van der Waals surface area contributed by atoms with Gasteiger partial charge in [-0.25, -0.2) is 0 Å². The maximum absolute atomic E-state index is 12.9. The molecule has 12 rings (SSSR count). The van der Waals surface area contributed by atoms with Gasteiger partial charge in [-0.2, -0.15) is 0 Å². The highest BCUT2D eigenvalue weighted by Crippen LogP contribution is 2.27. The van der Waals surface area contributed by atoms with Crippen LogP contribution in [-0.2, 0) is 0 Å². The Kier molecular flexibility index (Phi) is 23.9. The summed E-state index contributed by atoms with van der Waals surface area (Å²) >= 11 is 17.7. The molecule has 0 saturated carbocycles. The maximum Gasteiger partial charge on any atom is 0.257 e. The molecule has 9 aromatic rings. The molecule has 21 heteroatoms. The highest BCUT2D eigenvalue weighted by Gasteiger charge is 2.23. The fraction of sp³-hybridized carbons (Fsp3) is 0.192. The highest BCUT2D eigenvalue weighted by molar-refractivity contribution is 6.31. The number of hydrogen-bond donors (Lipinski definition) is 8. The molecule has 0 unspecified atom stereocenters. The Labute approximate surface area is 590 Å². The Morgan fingerprint density at radius 2 is 0.646 bits per heavy atom. The SMILES string of the molecule is Cc1ccc(NC(=O)c2ccc(C(=N)N3CCCC3)cc2)c(C(=O)Nc2ccc(Cl)cc2)c1.Cc1ccc(NC(=O)c2ccc(C(=N)N3CCCCC3)cc2)c(C(=O)Nc2ccc(Cl)cc2)c1.Cc1ccc(NC(=O)c2ccc(C3=NCCN3C)cc2)c(C(=O)Nc2ccc(Cl)cc2)c1. The van der Waals surface area contributed by atoms with E-state index in [0.29, 0.717) is 94.2 Å². The smallest absolute Gasteiger partial charge is 0.257 e. The van der Waals surface area contributed by atoms with Crippen LogP contribution in [0.1, 0.15) is 128 Å². The number of carbonyl (C=O) groups is 6. The summed E-state index contributed by atoms with van der Waals surface area (Å²) in [4.78, 5) is 88.1. The molecular weight excluding hydrogens is 1310 g/mol. The first-order valence-electron chi connectivity index (χ1n) is 32.4. The molecule has 3 aliphatic rings. The number of anilines is 6. The molecular formula is C78H75Cl3N12O6. The first-order chi connectivity index (χ1) is 47.7. The Hall–Kier alpha value is -10.9. The van der Waals surface area contributed by atoms with Gasteiger partial charge in [-0.05, 0) is 198 Å². The third kappa shape index (κ3) is 19.2. The van der Waals surface area contributed by atoms with Gasteiger partial charge in [0.15, 0.2) is 0 Å². The van der Waals surface area contributed by atoms with Crippen LogP contribution in [0.3, 0.4) is 0 Å². The number of aliphatic imine (C=N–C) groups is 1. The number of benzene rings is 9. The van der Waals surface area contributed by atoms with E-state index >= 15 is 0 Å². The van der Waals surface area contributed by atoms with Crippen molar-refractivity contribution in [3.8, 4) is 0 Å². The number of piperidine rings is 1. The Morgan fingerprint density at radius 3 is 0.949 bits per heavy atom. The number of nitrogens with zero attached hydrogens (tertiary/aromatic N) is 4. The third-order valence-corrected chi connectivity index (χ3v) is 17.5. The van der Waals surface area contributed by atoms with Crippen molar-refractivity contribution in [1.29, 1.82) is 10.8 Å². The lowest BCUT2D eigenvalue weighted by Gasteiger charge is -2.29. The molecule has 2 fully saturated rings. The zero-order valence-electron chi connectivity index (χ0n) is 55.2. The van der Waals surface area contributed by atoms with Crippen LogP contribution in [-0.4, -0.2) is 114 Å². The van der Waals surface area contributed by atoms with Crippen LogP contribution in [0.25, 0.3) is 0 Å². The molecule has 9 aromatic carbocycles. The minimum atomic E-state index is -0.328. The number of likely N-dealkylation sites (N-methyl/N-ethyl adjacent to an activating group) is 1. The molecule has 0 aromatic heterocycles. The number of carbonyl (C=O) groups excluding carboxylic acids is 6. The van der Waals surface area contributed by atoms with E-state index in [-0.39, 0.29) is 35.4 Å². The number of amides is 6. The van der Waals surface area contributed by atoms with E-state index < -0.39 is 0 Å². The fourth-order valence-corrected chi connectivity index (χ4v) is 11.6. The molecule has 0 bridgehead atoms. The van der Waals surface area contributed by atoms with E-state index in [1.807, 2.05) is 63.1 Å². The number of halogens is 3. The third-order valence-electron chi connectivity index (χ3n) is 16.7. The molecule has 0 spiro atoms. The van der Waals surface area contributed by atoms with Gasteiger partial charge in [0.25, 0.3) is 35.4 Å². The zero-order valence-corrected chi connectivity index (χ0v) is 57.5. The van der Waals surface area contributed by atoms with Crippen LogP contribution in [0.2, 0.25) is 15.1 Å². The van der Waals surface area contributed by atoms with Crippen molar-refractivity contribution in [3.63, 3.8) is 0 Å². The molecule has 504 valence electrons. The van der Waals surface area contributed by atoms with Gasteiger partial charge >= 0.3 is 0 Å². The van der Waals surface area contributed by atoms with Gasteiger partial charge in [-0.15, -0.1) is 0 Å². The largest absolute Gasteiger partial charge is 0.358 e. The summed E-state index contributed by atoms with van der Waals surface area (Å²) in [5, 5.41) is 35.7. The second-order valence-electron chi connectivity index (χ2n) is 24.2. The van der Waals surface area contributed by atoms with Crippen molar-refractivity contribution in [2.75, 3.05) is 78.2 Å². The van der Waals surface area contributed by atoms with Crippen LogP contribution in [0.15, 0.2) is 205 Å². The monoisotopic (exact) mass is 1380 g/mol. The van der Waals surface area contributed by atoms with E-state index in [0.717, 1.165) is 104 Å². The summed E-state index contributed by atoms with van der Waals surface area (Å²) in [6, 6.07) is 57.8. The van der Waals surface area contributed by atoms with Crippen molar-refractivity contribution in [1.82, 2.24) is 14.7 Å². The van der Waals surface area contributed by atoms with E-state index in [9.17, 15) is 28.8 Å². The standard InChI is InChI=1S/C27H27ClN4O2.C26H25ClN4O2.C25H23ClN4O2/c1-18-5-14-24(23(17-18)27(34)30-22-12-10-21(28)11-13-22)31-26(33)20-8-6-19(7-9-20)25(29)32-15-3-2-4-16-32;1-17-4-13-23(22(16-17)26(33)29-21-11-9-20(27)10-12-21)30-25(32)19-7-5-18(6-8-19)24(28)31-14-2-3-15-31;1-16-3-12-22(21(15-16)25(32)28-20-10-8-19(26)9-11-20)29-24(31)18-6-4-17(5-7-18)23-27-13-14-30(23)2/h5-14,17,29H,2-4,15-16H2,1H3,(H,30,34)(H,31,33);4-13,16,28H,2-3,14-15H2,1H3,(H,29,33)(H,30,32);3-12,15H,13-14H2,1-2H3,(H,28,32)(H,29,31). The summed E-state index contributed by atoms with van der Waals surface area (Å²) in [5.74, 6) is 0.00485. The van der Waals surface area contributed by atoms with Crippen LogP contribution < -0.4 is 31.9 Å². The lowest BCUT2D eigenvalue weighted by molar-refractivity contribution is 0.101. The summed E-state index contributed by atoms with van der Waals surface area (Å²) in [6.45, 7) is 10.9. The van der Waals surface area contributed by atoms with Gasteiger partial charge in [-0.3, -0.25) is 44.6 Å². The van der Waals surface area contributed by atoms with Crippen molar-refractivity contribution in [3.05, 3.63) is 282 Å². The maximum atomic E-state index is 12.9. The predicted molar refractivity (Wildman–Crippen MR) is 399 cm³/mol. The van der Waals surface area contributed by atoms with Crippen LogP contribution in [0.5, 0.6) is 0 Å². The molecule has 3 aliphatic heterocycles. The van der Waals surface area contributed by atoms with Gasteiger partial charge < -0.3 is 46.6 Å². The Balaban J connectivity index is 0.000000161. The molecule has 0 aliphatic carbocycles. The van der Waals surface area contributed by atoms with Gasteiger partial charge in [0.05, 0.1) is 40.3 Å². The number of amidine groups is 3. The normalized spacial score (nSPS) is 13.1. The van der Waals surface area contributed by atoms with Crippen molar-refractivity contribution in [2.24, 2.45) is 4.99 Å². The van der Waals surface area contributed by atoms with Gasteiger partial charge in [0.1, 0.15) is 17.5 Å². The van der Waals surface area contributed by atoms with Gasteiger partial charge in [0, 0.05) is 105 Å². The average Bonchev–Trinajstić information content (AvgIpc) is 1.43. The quantitative estimate of drug-likeness (QED) is 0.0359. The number of hydrogen-bond acceptors (Lipinski definition) is 10. The Morgan fingerprint density at radius 1 is 0.354 bits per heavy atom. The molecule has 18 nitrogen and oxygen atoms in total. The van der Waals surface area contributed by atoms with E-state index in [1.54, 1.807) is 170 Å². The number of rotatable bonds is 15. The minimum Gasteiger partial charge on any atom is -0.358 e. The summed E-state index contributed by atoms with van der Waals surface area (Å²) < 4.78 is 0. The molecule has 6 amide bonds. The first-order valence-corrected chi connectivity index (χ1v) is 33.6. The number of aryl methyl sites for hydroxylation is 3. The topological polar surface area (TPSA) is 244 Å². The van der Waals surface area contributed by atoms with Crippen molar-refractivity contribution < 1.29 is 28.8 Å². The van der Waals surface area contributed by atoms with E-state index in [1.165, 1.54) is 6.42 Å². The summed E-state index contributed by atoms with van der Waals surface area (Å²) in [6.07, 6.45) is 5.63. The van der Waals surface area contributed by atoms with E-state index in [4.69, 9.17) is 45.6 Å². The summed E-state index contributed by atoms with van der Waals surface area (Å²) in [5.41, 5.74) is 10.9.